The maximum atomic E-state index is 12.4. The molecular formula is C13H19NO3. The SMILES string of the molecule is CC1=C(C(=O)N2CCCC2(C)C(=O)O)CCC1. The van der Waals surface area contributed by atoms with E-state index >= 15 is 0 Å². The lowest BCUT2D eigenvalue weighted by atomic mass is 9.98. The molecule has 1 fully saturated rings. The summed E-state index contributed by atoms with van der Waals surface area (Å²) in [6.45, 7) is 4.21. The molecule has 0 saturated carbocycles. The summed E-state index contributed by atoms with van der Waals surface area (Å²) in [5.41, 5.74) is 0.974. The third-order valence-corrected chi connectivity index (χ3v) is 4.10. The van der Waals surface area contributed by atoms with Gasteiger partial charge in [0.25, 0.3) is 5.91 Å². The zero-order valence-corrected chi connectivity index (χ0v) is 10.5. The van der Waals surface area contributed by atoms with Crippen LogP contribution in [0.5, 0.6) is 0 Å². The van der Waals surface area contributed by atoms with Crippen molar-refractivity contribution < 1.29 is 14.7 Å². The molecule has 1 heterocycles. The maximum Gasteiger partial charge on any atom is 0.329 e. The number of rotatable bonds is 2. The van der Waals surface area contributed by atoms with E-state index in [1.807, 2.05) is 6.92 Å². The number of hydrogen-bond acceptors (Lipinski definition) is 2. The van der Waals surface area contributed by atoms with E-state index in [1.165, 1.54) is 0 Å². The highest BCUT2D eigenvalue weighted by molar-refractivity contribution is 5.98. The Bertz CT molecular complexity index is 399. The molecule has 0 spiro atoms. The lowest BCUT2D eigenvalue weighted by Gasteiger charge is -2.31. The zero-order chi connectivity index (χ0) is 12.6. The first kappa shape index (κ1) is 12.1. The van der Waals surface area contributed by atoms with Crippen molar-refractivity contribution >= 4 is 11.9 Å². The second-order valence-electron chi connectivity index (χ2n) is 5.25. The van der Waals surface area contributed by atoms with E-state index in [2.05, 4.69) is 0 Å². The number of amides is 1. The van der Waals surface area contributed by atoms with Crippen LogP contribution in [-0.2, 0) is 9.59 Å². The lowest BCUT2D eigenvalue weighted by molar-refractivity contribution is -0.154. The van der Waals surface area contributed by atoms with Gasteiger partial charge in [0.05, 0.1) is 0 Å². The average Bonchev–Trinajstić information content (AvgIpc) is 2.84. The molecule has 1 amide bonds. The first-order chi connectivity index (χ1) is 7.97. The number of aliphatic carboxylic acids is 1. The number of carbonyl (C=O) groups is 2. The monoisotopic (exact) mass is 237 g/mol. The Balaban J connectivity index is 2.26. The van der Waals surface area contributed by atoms with Crippen molar-refractivity contribution in [2.45, 2.75) is 51.5 Å². The summed E-state index contributed by atoms with van der Waals surface area (Å²) < 4.78 is 0. The molecule has 17 heavy (non-hydrogen) atoms. The van der Waals surface area contributed by atoms with Crippen molar-refractivity contribution in [2.75, 3.05) is 6.54 Å². The molecule has 1 unspecified atom stereocenters. The van der Waals surface area contributed by atoms with Crippen LogP contribution in [0.15, 0.2) is 11.1 Å². The van der Waals surface area contributed by atoms with E-state index in [1.54, 1.807) is 11.8 Å². The summed E-state index contributed by atoms with van der Waals surface area (Å²) in [6, 6.07) is 0. The Kier molecular flexibility index (Phi) is 2.98. The number of carboxylic acid groups (broad SMARTS) is 1. The maximum absolute atomic E-state index is 12.4. The minimum Gasteiger partial charge on any atom is -0.480 e. The van der Waals surface area contributed by atoms with E-state index in [-0.39, 0.29) is 5.91 Å². The molecule has 1 N–H and O–H groups in total. The highest BCUT2D eigenvalue weighted by atomic mass is 16.4. The van der Waals surface area contributed by atoms with Crippen LogP contribution in [0.4, 0.5) is 0 Å². The van der Waals surface area contributed by atoms with Gasteiger partial charge in [0.1, 0.15) is 5.54 Å². The van der Waals surface area contributed by atoms with Crippen LogP contribution in [0.3, 0.4) is 0 Å². The van der Waals surface area contributed by atoms with Crippen LogP contribution in [0.25, 0.3) is 0 Å². The van der Waals surface area contributed by atoms with Gasteiger partial charge in [-0.05, 0) is 46.0 Å². The van der Waals surface area contributed by atoms with Gasteiger partial charge in [-0.25, -0.2) is 4.79 Å². The number of likely N-dealkylation sites (tertiary alicyclic amines) is 1. The van der Waals surface area contributed by atoms with Gasteiger partial charge in [0.15, 0.2) is 0 Å². The van der Waals surface area contributed by atoms with Crippen molar-refractivity contribution in [3.8, 4) is 0 Å². The first-order valence-electron chi connectivity index (χ1n) is 6.21. The fourth-order valence-corrected chi connectivity index (χ4v) is 2.86. The second kappa shape index (κ2) is 4.17. The van der Waals surface area contributed by atoms with Crippen LogP contribution < -0.4 is 0 Å². The molecule has 0 aromatic heterocycles. The largest absolute Gasteiger partial charge is 0.480 e. The smallest absolute Gasteiger partial charge is 0.329 e. The fourth-order valence-electron chi connectivity index (χ4n) is 2.86. The Morgan fingerprint density at radius 1 is 1.29 bits per heavy atom. The van der Waals surface area contributed by atoms with E-state index in [0.29, 0.717) is 13.0 Å². The molecule has 0 aromatic carbocycles. The molecule has 0 bridgehead atoms. The highest BCUT2D eigenvalue weighted by Crippen LogP contribution is 2.34. The van der Waals surface area contributed by atoms with Gasteiger partial charge in [-0.15, -0.1) is 0 Å². The van der Waals surface area contributed by atoms with Gasteiger partial charge in [-0.2, -0.15) is 0 Å². The molecule has 2 aliphatic rings. The fraction of sp³-hybridized carbons (Fsp3) is 0.692. The predicted molar refractivity (Wildman–Crippen MR) is 63.5 cm³/mol. The van der Waals surface area contributed by atoms with Gasteiger partial charge in [-0.3, -0.25) is 4.79 Å². The second-order valence-corrected chi connectivity index (χ2v) is 5.25. The summed E-state index contributed by atoms with van der Waals surface area (Å²) in [5.74, 6) is -0.943. The third kappa shape index (κ3) is 1.85. The van der Waals surface area contributed by atoms with Crippen molar-refractivity contribution in [3.63, 3.8) is 0 Å². The molecule has 0 aromatic rings. The van der Waals surface area contributed by atoms with Crippen LogP contribution >= 0.6 is 0 Å². The normalized spacial score (nSPS) is 28.9. The van der Waals surface area contributed by atoms with Gasteiger partial charge in [-0.1, -0.05) is 5.57 Å². The highest BCUT2D eigenvalue weighted by Gasteiger charge is 2.46. The van der Waals surface area contributed by atoms with Gasteiger partial charge in [0.2, 0.25) is 0 Å². The quantitative estimate of drug-likeness (QED) is 0.798. The van der Waals surface area contributed by atoms with Crippen LogP contribution in [0.2, 0.25) is 0 Å². The first-order valence-corrected chi connectivity index (χ1v) is 6.21. The van der Waals surface area contributed by atoms with Crippen LogP contribution in [0.1, 0.15) is 46.0 Å². The molecule has 94 valence electrons. The molecule has 0 radical (unpaired) electrons. The Morgan fingerprint density at radius 3 is 2.53 bits per heavy atom. The molecular weight excluding hydrogens is 218 g/mol. The minimum absolute atomic E-state index is 0.0533. The molecule has 2 rings (SSSR count). The summed E-state index contributed by atoms with van der Waals surface area (Å²) in [5, 5.41) is 9.29. The lowest BCUT2D eigenvalue weighted by Crippen LogP contribution is -2.51. The summed E-state index contributed by atoms with van der Waals surface area (Å²) in [4.78, 5) is 25.3. The predicted octanol–water partition coefficient (Wildman–Crippen LogP) is 1.95. The Hall–Kier alpha value is -1.32. The van der Waals surface area contributed by atoms with E-state index < -0.39 is 11.5 Å². The number of carboxylic acids is 1. The summed E-state index contributed by atoms with van der Waals surface area (Å²) in [7, 11) is 0. The minimum atomic E-state index is -1.01. The average molecular weight is 237 g/mol. The van der Waals surface area contributed by atoms with Crippen molar-refractivity contribution in [3.05, 3.63) is 11.1 Å². The third-order valence-electron chi connectivity index (χ3n) is 4.10. The number of nitrogens with zero attached hydrogens (tertiary/aromatic N) is 1. The molecule has 4 heteroatoms. The number of hydrogen-bond donors (Lipinski definition) is 1. The number of carbonyl (C=O) groups excluding carboxylic acids is 1. The molecule has 1 aliphatic carbocycles. The molecule has 4 nitrogen and oxygen atoms in total. The van der Waals surface area contributed by atoms with Gasteiger partial charge >= 0.3 is 5.97 Å². The van der Waals surface area contributed by atoms with Crippen molar-refractivity contribution in [1.29, 1.82) is 0 Å². The molecule has 1 atom stereocenters. The Labute approximate surface area is 101 Å². The zero-order valence-electron chi connectivity index (χ0n) is 10.5. The van der Waals surface area contributed by atoms with Gasteiger partial charge in [0, 0.05) is 12.1 Å². The summed E-state index contributed by atoms with van der Waals surface area (Å²) >= 11 is 0. The van der Waals surface area contributed by atoms with E-state index in [0.717, 1.165) is 36.8 Å². The molecule has 1 saturated heterocycles. The van der Waals surface area contributed by atoms with E-state index in [9.17, 15) is 14.7 Å². The van der Waals surface area contributed by atoms with Crippen LogP contribution in [0, 0.1) is 0 Å². The summed E-state index contributed by atoms with van der Waals surface area (Å²) in [6.07, 6.45) is 4.13. The van der Waals surface area contributed by atoms with Gasteiger partial charge < -0.3 is 10.0 Å². The topological polar surface area (TPSA) is 57.6 Å². The van der Waals surface area contributed by atoms with Crippen molar-refractivity contribution in [1.82, 2.24) is 4.90 Å². The van der Waals surface area contributed by atoms with Crippen molar-refractivity contribution in [2.24, 2.45) is 0 Å². The molecule has 1 aliphatic heterocycles. The number of allylic oxidation sites excluding steroid dienone is 1. The Morgan fingerprint density at radius 2 is 2.00 bits per heavy atom. The standard InChI is InChI=1S/C13H19NO3/c1-9-5-3-6-10(9)11(15)14-8-4-7-13(14,2)12(16)17/h3-8H2,1-2H3,(H,16,17). The van der Waals surface area contributed by atoms with E-state index in [4.69, 9.17) is 0 Å². The van der Waals surface area contributed by atoms with Crippen LogP contribution in [-0.4, -0.2) is 34.0 Å².